The Morgan fingerprint density at radius 3 is 2.33 bits per heavy atom. The third kappa shape index (κ3) is 3.86. The minimum atomic E-state index is -0.362. The molecule has 2 atom stereocenters. The molecule has 0 aliphatic carbocycles. The van der Waals surface area contributed by atoms with Gasteiger partial charge >= 0.3 is 0 Å². The Bertz CT molecular complexity index is 284. The van der Waals surface area contributed by atoms with Crippen LogP contribution in [-0.4, -0.2) is 22.1 Å². The summed E-state index contributed by atoms with van der Waals surface area (Å²) in [5.41, 5.74) is 0.957. The first-order chi connectivity index (χ1) is 7.17. The molecular weight excluding hydrogens is 208 g/mol. The van der Waals surface area contributed by atoms with Gasteiger partial charge in [-0.25, -0.2) is 0 Å². The molecule has 0 heterocycles. The molecule has 2 N–H and O–H groups in total. The maximum atomic E-state index is 9.60. The molecule has 1 unspecified atom stereocenters. The van der Waals surface area contributed by atoms with Gasteiger partial charge in [0.25, 0.3) is 0 Å². The lowest BCUT2D eigenvalue weighted by Gasteiger charge is -2.10. The summed E-state index contributed by atoms with van der Waals surface area (Å²) < 4.78 is 0. The van der Waals surface area contributed by atoms with Crippen molar-refractivity contribution in [2.45, 2.75) is 36.5 Å². The second-order valence-corrected chi connectivity index (χ2v) is 5.12. The van der Waals surface area contributed by atoms with E-state index < -0.39 is 0 Å². The minimum Gasteiger partial charge on any atom is -0.395 e. The van der Waals surface area contributed by atoms with Gasteiger partial charge in [-0.3, -0.25) is 0 Å². The van der Waals surface area contributed by atoms with Gasteiger partial charge in [0.15, 0.2) is 0 Å². The Kier molecular flexibility index (Phi) is 5.15. The van der Waals surface area contributed by atoms with E-state index in [0.717, 1.165) is 16.9 Å². The van der Waals surface area contributed by atoms with Gasteiger partial charge in [0.2, 0.25) is 0 Å². The van der Waals surface area contributed by atoms with E-state index >= 15 is 0 Å². The normalized spacial score (nSPS) is 14.9. The van der Waals surface area contributed by atoms with Crippen molar-refractivity contribution in [3.05, 3.63) is 29.8 Å². The zero-order chi connectivity index (χ0) is 11.3. The zero-order valence-electron chi connectivity index (χ0n) is 9.18. The summed E-state index contributed by atoms with van der Waals surface area (Å²) in [5.74, 6) is 0. The monoisotopic (exact) mass is 226 g/mol. The zero-order valence-corrected chi connectivity index (χ0v) is 10.00. The van der Waals surface area contributed by atoms with Crippen molar-refractivity contribution in [3.8, 4) is 0 Å². The maximum Gasteiger partial charge on any atom is 0.0787 e. The van der Waals surface area contributed by atoms with Crippen LogP contribution < -0.4 is 0 Å². The van der Waals surface area contributed by atoms with Gasteiger partial charge < -0.3 is 10.2 Å². The van der Waals surface area contributed by atoms with Crippen LogP contribution in [0.4, 0.5) is 0 Å². The quantitative estimate of drug-likeness (QED) is 0.758. The lowest BCUT2D eigenvalue weighted by atomic mass is 10.1. The summed E-state index contributed by atoms with van der Waals surface area (Å²) in [4.78, 5) is 1.13. The molecule has 0 saturated carbocycles. The summed E-state index contributed by atoms with van der Waals surface area (Å²) in [6, 6.07) is 7.87. The van der Waals surface area contributed by atoms with Crippen LogP contribution in [0.1, 0.15) is 31.9 Å². The molecule has 84 valence electrons. The minimum absolute atomic E-state index is 0.185. The van der Waals surface area contributed by atoms with Crippen LogP contribution in [0, 0.1) is 0 Å². The van der Waals surface area contributed by atoms with E-state index in [4.69, 9.17) is 5.11 Å². The molecule has 0 aliphatic heterocycles. The van der Waals surface area contributed by atoms with Crippen LogP contribution >= 0.6 is 11.8 Å². The van der Waals surface area contributed by atoms with E-state index in [-0.39, 0.29) is 18.0 Å². The summed E-state index contributed by atoms with van der Waals surface area (Å²) >= 11 is 1.64. The predicted octanol–water partition coefficient (Wildman–Crippen LogP) is 2.60. The molecule has 3 heteroatoms. The fraction of sp³-hybridized carbons (Fsp3) is 0.500. The molecule has 1 rings (SSSR count). The topological polar surface area (TPSA) is 40.5 Å². The second kappa shape index (κ2) is 6.16. The number of hydrogen-bond donors (Lipinski definition) is 2. The molecule has 0 spiro atoms. The number of thioether (sulfide) groups is 1. The standard InChI is InChI=1S/C12H18O2S/c1-3-12(14)10-4-6-11(7-5-10)15-9(2)8-13/h4-7,9,12-14H,3,8H2,1-2H3/t9?,12-/m0/s1. The van der Waals surface area contributed by atoms with Gasteiger partial charge in [-0.05, 0) is 24.1 Å². The number of aliphatic hydroxyl groups excluding tert-OH is 2. The lowest BCUT2D eigenvalue weighted by molar-refractivity contribution is 0.173. The average molecular weight is 226 g/mol. The third-order valence-corrected chi connectivity index (χ3v) is 3.34. The first-order valence-corrected chi connectivity index (χ1v) is 6.10. The molecule has 0 aliphatic rings. The molecular formula is C12H18O2S. The lowest BCUT2D eigenvalue weighted by Crippen LogP contribution is -2.01. The Hall–Kier alpha value is -0.510. The highest BCUT2D eigenvalue weighted by atomic mass is 32.2. The van der Waals surface area contributed by atoms with Gasteiger partial charge in [0.1, 0.15) is 0 Å². The van der Waals surface area contributed by atoms with E-state index in [1.807, 2.05) is 38.1 Å². The molecule has 1 aromatic carbocycles. The fourth-order valence-electron chi connectivity index (χ4n) is 1.27. The highest BCUT2D eigenvalue weighted by Gasteiger charge is 2.06. The number of rotatable bonds is 5. The summed E-state index contributed by atoms with van der Waals surface area (Å²) in [7, 11) is 0. The van der Waals surface area contributed by atoms with Crippen molar-refractivity contribution in [3.63, 3.8) is 0 Å². The molecule has 0 aromatic heterocycles. The van der Waals surface area contributed by atoms with Crippen LogP contribution in [-0.2, 0) is 0 Å². The van der Waals surface area contributed by atoms with Crippen LogP contribution in [0.15, 0.2) is 29.2 Å². The molecule has 1 aromatic rings. The van der Waals surface area contributed by atoms with E-state index in [9.17, 15) is 5.11 Å². The van der Waals surface area contributed by atoms with Gasteiger partial charge in [0.05, 0.1) is 12.7 Å². The molecule has 2 nitrogen and oxygen atoms in total. The van der Waals surface area contributed by atoms with Gasteiger partial charge in [0, 0.05) is 10.1 Å². The largest absolute Gasteiger partial charge is 0.395 e. The average Bonchev–Trinajstić information content (AvgIpc) is 2.29. The van der Waals surface area contributed by atoms with E-state index in [0.29, 0.717) is 0 Å². The summed E-state index contributed by atoms with van der Waals surface area (Å²) in [5, 5.41) is 18.7. The molecule has 0 bridgehead atoms. The first kappa shape index (κ1) is 12.6. The Labute approximate surface area is 95.3 Å². The Morgan fingerprint density at radius 1 is 1.27 bits per heavy atom. The SMILES string of the molecule is CC[C@H](O)c1ccc(SC(C)CO)cc1. The Balaban J connectivity index is 2.64. The van der Waals surface area contributed by atoms with Crippen molar-refractivity contribution in [2.75, 3.05) is 6.61 Å². The summed E-state index contributed by atoms with van der Waals surface area (Å²) in [6.45, 7) is 4.13. The van der Waals surface area contributed by atoms with Crippen LogP contribution in [0.5, 0.6) is 0 Å². The second-order valence-electron chi connectivity index (χ2n) is 3.60. The van der Waals surface area contributed by atoms with Gasteiger partial charge in [-0.2, -0.15) is 0 Å². The molecule has 0 radical (unpaired) electrons. The molecule has 0 fully saturated rings. The number of aliphatic hydroxyl groups is 2. The van der Waals surface area contributed by atoms with Crippen molar-refractivity contribution in [2.24, 2.45) is 0 Å². The van der Waals surface area contributed by atoms with Crippen molar-refractivity contribution in [1.29, 1.82) is 0 Å². The molecule has 0 amide bonds. The van der Waals surface area contributed by atoms with Crippen LogP contribution in [0.25, 0.3) is 0 Å². The van der Waals surface area contributed by atoms with Crippen LogP contribution in [0.2, 0.25) is 0 Å². The van der Waals surface area contributed by atoms with E-state index in [1.54, 1.807) is 11.8 Å². The third-order valence-electron chi connectivity index (χ3n) is 2.25. The van der Waals surface area contributed by atoms with Crippen molar-refractivity contribution < 1.29 is 10.2 Å². The van der Waals surface area contributed by atoms with Gasteiger partial charge in [-0.15, -0.1) is 11.8 Å². The number of hydrogen-bond acceptors (Lipinski definition) is 3. The molecule has 0 saturated heterocycles. The van der Waals surface area contributed by atoms with Gasteiger partial charge in [-0.1, -0.05) is 26.0 Å². The van der Waals surface area contributed by atoms with Crippen molar-refractivity contribution in [1.82, 2.24) is 0 Å². The Morgan fingerprint density at radius 2 is 1.87 bits per heavy atom. The highest BCUT2D eigenvalue weighted by molar-refractivity contribution is 8.00. The predicted molar refractivity (Wildman–Crippen MR) is 64.1 cm³/mol. The van der Waals surface area contributed by atoms with E-state index in [2.05, 4.69) is 0 Å². The maximum absolute atomic E-state index is 9.60. The fourth-order valence-corrected chi connectivity index (χ4v) is 2.11. The first-order valence-electron chi connectivity index (χ1n) is 5.23. The molecule has 15 heavy (non-hydrogen) atoms. The number of benzene rings is 1. The van der Waals surface area contributed by atoms with Crippen LogP contribution in [0.3, 0.4) is 0 Å². The summed E-state index contributed by atoms with van der Waals surface area (Å²) in [6.07, 6.45) is 0.374. The smallest absolute Gasteiger partial charge is 0.0787 e. The van der Waals surface area contributed by atoms with Crippen molar-refractivity contribution >= 4 is 11.8 Å². The highest BCUT2D eigenvalue weighted by Crippen LogP contribution is 2.25. The van der Waals surface area contributed by atoms with E-state index in [1.165, 1.54) is 0 Å².